The van der Waals surface area contributed by atoms with Crippen LogP contribution >= 0.6 is 0 Å². The Morgan fingerprint density at radius 1 is 1.36 bits per heavy atom. The van der Waals surface area contributed by atoms with E-state index in [1.54, 1.807) is 7.11 Å². The van der Waals surface area contributed by atoms with Crippen molar-refractivity contribution in [1.29, 1.82) is 0 Å². The maximum atomic E-state index is 12.8. The van der Waals surface area contributed by atoms with Gasteiger partial charge < -0.3 is 14.2 Å². The number of nitrogens with zero attached hydrogens (tertiary/aromatic N) is 4. The van der Waals surface area contributed by atoms with Gasteiger partial charge in [-0.05, 0) is 32.1 Å². The number of imidazole rings is 1. The molecule has 7 nitrogen and oxygen atoms in total. The number of ether oxygens (including phenoxy) is 1. The van der Waals surface area contributed by atoms with Gasteiger partial charge in [0.1, 0.15) is 5.82 Å². The van der Waals surface area contributed by atoms with Gasteiger partial charge in [0.05, 0.1) is 6.61 Å². The third kappa shape index (κ3) is 3.08. The summed E-state index contributed by atoms with van der Waals surface area (Å²) in [5, 5.41) is 7.32. The quantitative estimate of drug-likeness (QED) is 0.897. The fourth-order valence-corrected chi connectivity index (χ4v) is 4.05. The molecule has 134 valence electrons. The van der Waals surface area contributed by atoms with Gasteiger partial charge >= 0.3 is 0 Å². The number of aromatic amines is 1. The maximum absolute atomic E-state index is 12.8. The summed E-state index contributed by atoms with van der Waals surface area (Å²) in [6.07, 6.45) is 8.87. The minimum absolute atomic E-state index is 0.0839. The van der Waals surface area contributed by atoms with Crippen LogP contribution < -0.4 is 0 Å². The number of nitrogens with one attached hydrogen (secondary N) is 1. The molecule has 1 aliphatic heterocycles. The zero-order valence-corrected chi connectivity index (χ0v) is 14.7. The van der Waals surface area contributed by atoms with Gasteiger partial charge in [-0.1, -0.05) is 0 Å². The molecule has 0 radical (unpaired) electrons. The van der Waals surface area contributed by atoms with E-state index in [1.807, 2.05) is 17.3 Å². The monoisotopic (exact) mass is 343 g/mol. The third-order valence-corrected chi connectivity index (χ3v) is 5.44. The fourth-order valence-electron chi connectivity index (χ4n) is 4.05. The van der Waals surface area contributed by atoms with Gasteiger partial charge in [-0.15, -0.1) is 0 Å². The molecule has 4 rings (SSSR count). The summed E-state index contributed by atoms with van der Waals surface area (Å²) in [4.78, 5) is 19.3. The Kier molecular flexibility index (Phi) is 4.57. The molecule has 1 saturated heterocycles. The predicted octanol–water partition coefficient (Wildman–Crippen LogP) is 1.76. The highest BCUT2D eigenvalue weighted by molar-refractivity contribution is 5.94. The molecule has 2 aliphatic rings. The molecule has 0 atom stereocenters. The number of H-pyrrole nitrogens is 1. The highest BCUT2D eigenvalue weighted by atomic mass is 16.5. The molecular formula is C18H25N5O2. The molecule has 1 N–H and O–H groups in total. The van der Waals surface area contributed by atoms with Crippen molar-refractivity contribution in [2.75, 3.05) is 26.8 Å². The largest absolute Gasteiger partial charge is 0.383 e. The number of piperidine rings is 1. The van der Waals surface area contributed by atoms with Gasteiger partial charge in [0.2, 0.25) is 0 Å². The zero-order valence-electron chi connectivity index (χ0n) is 14.7. The van der Waals surface area contributed by atoms with Crippen molar-refractivity contribution < 1.29 is 9.53 Å². The molecule has 1 amide bonds. The number of carbonyl (C=O) groups is 1. The summed E-state index contributed by atoms with van der Waals surface area (Å²) in [7, 11) is 1.71. The Balaban J connectivity index is 1.40. The topological polar surface area (TPSA) is 76.0 Å². The van der Waals surface area contributed by atoms with E-state index in [0.29, 0.717) is 18.2 Å². The number of methoxy groups -OCH3 is 1. The normalized spacial score (nSPS) is 17.9. The van der Waals surface area contributed by atoms with E-state index in [1.165, 1.54) is 0 Å². The van der Waals surface area contributed by atoms with E-state index < -0.39 is 0 Å². The van der Waals surface area contributed by atoms with Crippen molar-refractivity contribution in [2.45, 2.75) is 44.6 Å². The smallest absolute Gasteiger partial charge is 0.274 e. The zero-order chi connectivity index (χ0) is 17.2. The highest BCUT2D eigenvalue weighted by Crippen LogP contribution is 2.29. The summed E-state index contributed by atoms with van der Waals surface area (Å²) in [6, 6.07) is 0. The number of aryl methyl sites for hydroxylation is 1. The summed E-state index contributed by atoms with van der Waals surface area (Å²) in [6.45, 7) is 3.04. The van der Waals surface area contributed by atoms with Gasteiger partial charge in [-0.25, -0.2) is 4.98 Å². The van der Waals surface area contributed by atoms with Crippen LogP contribution in [-0.2, 0) is 24.1 Å². The summed E-state index contributed by atoms with van der Waals surface area (Å²) in [5.74, 6) is 1.60. The minimum atomic E-state index is 0.0839. The molecule has 2 aromatic heterocycles. The Morgan fingerprint density at radius 3 is 3.00 bits per heavy atom. The molecular weight excluding hydrogens is 318 g/mol. The van der Waals surface area contributed by atoms with Crippen LogP contribution in [0.3, 0.4) is 0 Å². The van der Waals surface area contributed by atoms with E-state index in [9.17, 15) is 4.79 Å². The summed E-state index contributed by atoms with van der Waals surface area (Å²) < 4.78 is 7.35. The molecule has 0 bridgehead atoms. The average molecular weight is 343 g/mol. The van der Waals surface area contributed by atoms with Crippen molar-refractivity contribution in [2.24, 2.45) is 0 Å². The standard InChI is InChI=1S/C18H25N5O2/c1-25-12-11-22-10-7-19-17(22)13-5-8-23(9-6-13)18(24)16-14-3-2-4-15(14)20-21-16/h7,10,13H,2-6,8-9,11-12H2,1H3,(H,20,21). The molecule has 1 fully saturated rings. The van der Waals surface area contributed by atoms with Crippen LogP contribution in [0, 0.1) is 0 Å². The SMILES string of the molecule is COCCn1ccnc1C1CCN(C(=O)c2n[nH]c3c2CCC3)CC1. The molecule has 25 heavy (non-hydrogen) atoms. The van der Waals surface area contributed by atoms with Crippen molar-refractivity contribution in [3.8, 4) is 0 Å². The van der Waals surface area contributed by atoms with Gasteiger partial charge in [0, 0.05) is 56.3 Å². The Bertz CT molecular complexity index is 742. The Labute approximate surface area is 147 Å². The summed E-state index contributed by atoms with van der Waals surface area (Å²) >= 11 is 0. The summed E-state index contributed by atoms with van der Waals surface area (Å²) in [5.41, 5.74) is 2.94. The van der Waals surface area contributed by atoms with Gasteiger partial charge in [-0.3, -0.25) is 9.89 Å². The Hall–Kier alpha value is -2.15. The lowest BCUT2D eigenvalue weighted by molar-refractivity contribution is 0.0703. The number of fused-ring (bicyclic) bond motifs is 1. The highest BCUT2D eigenvalue weighted by Gasteiger charge is 2.30. The van der Waals surface area contributed by atoms with Crippen molar-refractivity contribution >= 4 is 5.91 Å². The molecule has 7 heteroatoms. The second-order valence-electron chi connectivity index (χ2n) is 6.92. The van der Waals surface area contributed by atoms with Gasteiger partial charge in [0.25, 0.3) is 5.91 Å². The van der Waals surface area contributed by atoms with E-state index >= 15 is 0 Å². The Morgan fingerprint density at radius 2 is 2.20 bits per heavy atom. The van der Waals surface area contributed by atoms with Crippen LogP contribution in [0.15, 0.2) is 12.4 Å². The first kappa shape index (κ1) is 16.3. The predicted molar refractivity (Wildman–Crippen MR) is 92.6 cm³/mol. The van der Waals surface area contributed by atoms with Crippen LogP contribution in [0.5, 0.6) is 0 Å². The van der Waals surface area contributed by atoms with Crippen LogP contribution in [0.1, 0.15) is 52.8 Å². The van der Waals surface area contributed by atoms with Crippen molar-refractivity contribution in [3.05, 3.63) is 35.2 Å². The number of aromatic nitrogens is 4. The minimum Gasteiger partial charge on any atom is -0.383 e. The van der Waals surface area contributed by atoms with Crippen LogP contribution in [0.2, 0.25) is 0 Å². The van der Waals surface area contributed by atoms with E-state index in [2.05, 4.69) is 19.7 Å². The molecule has 2 aromatic rings. The van der Waals surface area contributed by atoms with Crippen molar-refractivity contribution in [1.82, 2.24) is 24.6 Å². The van der Waals surface area contributed by atoms with Crippen LogP contribution in [0.25, 0.3) is 0 Å². The maximum Gasteiger partial charge on any atom is 0.274 e. The fraction of sp³-hybridized carbons (Fsp3) is 0.611. The third-order valence-electron chi connectivity index (χ3n) is 5.44. The molecule has 0 saturated carbocycles. The lowest BCUT2D eigenvalue weighted by Gasteiger charge is -2.31. The number of hydrogen-bond donors (Lipinski definition) is 1. The average Bonchev–Trinajstić information content (AvgIpc) is 3.36. The second kappa shape index (κ2) is 7.00. The second-order valence-corrected chi connectivity index (χ2v) is 6.92. The van der Waals surface area contributed by atoms with Gasteiger partial charge in [-0.2, -0.15) is 5.10 Å². The number of likely N-dealkylation sites (tertiary alicyclic amines) is 1. The molecule has 0 spiro atoms. The number of amides is 1. The number of rotatable bonds is 5. The molecule has 1 aliphatic carbocycles. The van der Waals surface area contributed by atoms with E-state index in [-0.39, 0.29) is 5.91 Å². The van der Waals surface area contributed by atoms with E-state index in [0.717, 1.165) is 68.8 Å². The molecule has 3 heterocycles. The van der Waals surface area contributed by atoms with Crippen molar-refractivity contribution in [3.63, 3.8) is 0 Å². The lowest BCUT2D eigenvalue weighted by atomic mass is 9.95. The van der Waals surface area contributed by atoms with Crippen LogP contribution in [0.4, 0.5) is 0 Å². The van der Waals surface area contributed by atoms with Gasteiger partial charge in [0.15, 0.2) is 5.69 Å². The lowest BCUT2D eigenvalue weighted by Crippen LogP contribution is -2.39. The first-order chi connectivity index (χ1) is 12.3. The molecule has 0 aromatic carbocycles. The number of carbonyl (C=O) groups excluding carboxylic acids is 1. The first-order valence-corrected chi connectivity index (χ1v) is 9.13. The number of hydrogen-bond acceptors (Lipinski definition) is 4. The first-order valence-electron chi connectivity index (χ1n) is 9.13. The van der Waals surface area contributed by atoms with E-state index in [4.69, 9.17) is 4.74 Å². The van der Waals surface area contributed by atoms with Crippen LogP contribution in [-0.4, -0.2) is 57.4 Å². The molecule has 0 unspecified atom stereocenters.